The zero-order valence-corrected chi connectivity index (χ0v) is 22.8. The van der Waals surface area contributed by atoms with E-state index in [2.05, 4.69) is 53.1 Å². The monoisotopic (exact) mass is 550 g/mol. The molecule has 8 heteroatoms. The van der Waals surface area contributed by atoms with Gasteiger partial charge in [-0.1, -0.05) is 42.5 Å². The number of aryl methyl sites for hydroxylation is 1. The fourth-order valence-corrected chi connectivity index (χ4v) is 6.48. The zero-order chi connectivity index (χ0) is 27.4. The number of benzene rings is 2. The molecule has 1 atom stereocenters. The predicted octanol–water partition coefficient (Wildman–Crippen LogP) is 7.86. The molecule has 4 aromatic rings. The molecule has 1 amide bonds. The molecule has 0 saturated carbocycles. The molecule has 0 spiro atoms. The standard InChI is InChI=1S/C31H32F2N2O3S/c1-20-21(2)39-30(34-29(36)26-9-6-18-37-26)27(20)28(24-10-12-25(13-11-24)38-31(32)33)35-16-14-23(15-17-35)19-22-7-4-3-5-8-22/h3-13,18,23,28,31H,14-17,19H2,1-2H3,(H,34,36). The highest BCUT2D eigenvalue weighted by Gasteiger charge is 2.32. The summed E-state index contributed by atoms with van der Waals surface area (Å²) < 4.78 is 35.5. The average Bonchev–Trinajstić information content (AvgIpc) is 3.56. The number of likely N-dealkylation sites (tertiary alicyclic amines) is 1. The number of ether oxygens (including phenoxy) is 1. The number of amides is 1. The molecule has 5 rings (SSSR count). The fraction of sp³-hybridized carbons (Fsp3) is 0.323. The lowest BCUT2D eigenvalue weighted by molar-refractivity contribution is -0.0498. The van der Waals surface area contributed by atoms with E-state index < -0.39 is 6.61 Å². The molecular formula is C31H32F2N2O3S. The summed E-state index contributed by atoms with van der Waals surface area (Å²) in [6.45, 7) is 3.02. The summed E-state index contributed by atoms with van der Waals surface area (Å²) in [7, 11) is 0. The molecule has 1 aliphatic heterocycles. The minimum Gasteiger partial charge on any atom is -0.459 e. The Bertz CT molecular complexity index is 1360. The van der Waals surface area contributed by atoms with Crippen molar-refractivity contribution in [3.05, 3.63) is 106 Å². The fourth-order valence-electron chi connectivity index (χ4n) is 5.39. The summed E-state index contributed by atoms with van der Waals surface area (Å²) in [5.41, 5.74) is 4.46. The molecule has 3 heterocycles. The van der Waals surface area contributed by atoms with E-state index in [0.29, 0.717) is 5.92 Å². The second kappa shape index (κ2) is 12.1. The lowest BCUT2D eigenvalue weighted by Crippen LogP contribution is -2.38. The van der Waals surface area contributed by atoms with Gasteiger partial charge < -0.3 is 14.5 Å². The summed E-state index contributed by atoms with van der Waals surface area (Å²) in [5.74, 6) is 0.660. The van der Waals surface area contributed by atoms with Gasteiger partial charge in [0.05, 0.1) is 12.3 Å². The van der Waals surface area contributed by atoms with E-state index in [0.717, 1.165) is 58.9 Å². The number of carbonyl (C=O) groups is 1. The first-order valence-electron chi connectivity index (χ1n) is 13.2. The Kier molecular flexibility index (Phi) is 8.43. The van der Waals surface area contributed by atoms with Crippen LogP contribution in [0.15, 0.2) is 77.4 Å². The van der Waals surface area contributed by atoms with Crippen molar-refractivity contribution in [1.29, 1.82) is 0 Å². The van der Waals surface area contributed by atoms with E-state index in [1.807, 2.05) is 18.2 Å². The van der Waals surface area contributed by atoms with Crippen LogP contribution in [0, 0.1) is 19.8 Å². The highest BCUT2D eigenvalue weighted by atomic mass is 32.1. The third kappa shape index (κ3) is 6.40. The number of hydrogen-bond acceptors (Lipinski definition) is 5. The Balaban J connectivity index is 1.45. The molecule has 0 bridgehead atoms. The molecule has 5 nitrogen and oxygen atoms in total. The van der Waals surface area contributed by atoms with Crippen molar-refractivity contribution in [1.82, 2.24) is 4.90 Å². The first-order valence-corrected chi connectivity index (χ1v) is 14.0. The first kappa shape index (κ1) is 27.1. The average molecular weight is 551 g/mol. The summed E-state index contributed by atoms with van der Waals surface area (Å²) in [6, 6.07) is 20.6. The third-order valence-electron chi connectivity index (χ3n) is 7.48. The minimum atomic E-state index is -2.87. The van der Waals surface area contributed by atoms with Gasteiger partial charge in [0.2, 0.25) is 0 Å². The zero-order valence-electron chi connectivity index (χ0n) is 22.0. The van der Waals surface area contributed by atoms with Crippen LogP contribution in [0.2, 0.25) is 0 Å². The van der Waals surface area contributed by atoms with Crippen molar-refractivity contribution in [3.63, 3.8) is 0 Å². The number of rotatable bonds is 9. The van der Waals surface area contributed by atoms with Crippen molar-refractivity contribution in [2.75, 3.05) is 18.4 Å². The van der Waals surface area contributed by atoms with Gasteiger partial charge in [0, 0.05) is 10.4 Å². The normalized spacial score (nSPS) is 15.4. The smallest absolute Gasteiger partial charge is 0.387 e. The largest absolute Gasteiger partial charge is 0.459 e. The number of carbonyl (C=O) groups excluding carboxylic acids is 1. The number of alkyl halides is 2. The van der Waals surface area contributed by atoms with E-state index >= 15 is 0 Å². The molecular weight excluding hydrogens is 518 g/mol. The van der Waals surface area contributed by atoms with Crippen LogP contribution in [0.5, 0.6) is 5.75 Å². The molecule has 2 aromatic heterocycles. The molecule has 1 N–H and O–H groups in total. The molecule has 39 heavy (non-hydrogen) atoms. The van der Waals surface area contributed by atoms with Gasteiger partial charge in [-0.2, -0.15) is 8.78 Å². The number of piperidine rings is 1. The highest BCUT2D eigenvalue weighted by molar-refractivity contribution is 7.16. The Morgan fingerprint density at radius 1 is 1.05 bits per heavy atom. The van der Waals surface area contributed by atoms with E-state index in [9.17, 15) is 13.6 Å². The van der Waals surface area contributed by atoms with Gasteiger partial charge in [-0.25, -0.2) is 0 Å². The van der Waals surface area contributed by atoms with E-state index in [-0.39, 0.29) is 23.5 Å². The number of hydrogen-bond donors (Lipinski definition) is 1. The molecule has 1 aliphatic rings. The number of anilines is 1. The Labute approximate surface area is 231 Å². The summed E-state index contributed by atoms with van der Waals surface area (Å²) >= 11 is 1.54. The van der Waals surface area contributed by atoms with Crippen LogP contribution >= 0.6 is 11.3 Å². The van der Waals surface area contributed by atoms with Crippen molar-refractivity contribution in [3.8, 4) is 5.75 Å². The molecule has 1 saturated heterocycles. The van der Waals surface area contributed by atoms with Crippen molar-refractivity contribution in [2.24, 2.45) is 5.92 Å². The lowest BCUT2D eigenvalue weighted by atomic mass is 9.87. The quantitative estimate of drug-likeness (QED) is 0.231. The number of furan rings is 1. The van der Waals surface area contributed by atoms with Crippen LogP contribution in [0.25, 0.3) is 0 Å². The topological polar surface area (TPSA) is 54.7 Å². The van der Waals surface area contributed by atoms with E-state index in [4.69, 9.17) is 4.42 Å². The van der Waals surface area contributed by atoms with Gasteiger partial charge in [-0.3, -0.25) is 9.69 Å². The van der Waals surface area contributed by atoms with Crippen LogP contribution in [-0.4, -0.2) is 30.5 Å². The van der Waals surface area contributed by atoms with Crippen LogP contribution in [0.4, 0.5) is 13.8 Å². The molecule has 0 radical (unpaired) electrons. The maximum absolute atomic E-state index is 12.9. The number of nitrogens with zero attached hydrogens (tertiary/aromatic N) is 1. The second-order valence-electron chi connectivity index (χ2n) is 9.98. The third-order valence-corrected chi connectivity index (χ3v) is 8.62. The van der Waals surface area contributed by atoms with Crippen LogP contribution in [-0.2, 0) is 6.42 Å². The minimum absolute atomic E-state index is 0.124. The summed E-state index contributed by atoms with van der Waals surface area (Å²) in [5, 5.41) is 3.85. The summed E-state index contributed by atoms with van der Waals surface area (Å²) in [6.07, 6.45) is 4.63. The maximum atomic E-state index is 12.9. The van der Waals surface area contributed by atoms with Crippen LogP contribution in [0.3, 0.4) is 0 Å². The maximum Gasteiger partial charge on any atom is 0.387 e. The number of halogens is 2. The highest BCUT2D eigenvalue weighted by Crippen LogP contribution is 2.44. The van der Waals surface area contributed by atoms with Gasteiger partial charge in [-0.15, -0.1) is 11.3 Å². The first-order chi connectivity index (χ1) is 18.9. The second-order valence-corrected chi connectivity index (χ2v) is 11.2. The van der Waals surface area contributed by atoms with E-state index in [1.165, 1.54) is 11.8 Å². The number of thiophene rings is 1. The van der Waals surface area contributed by atoms with Gasteiger partial charge in [-0.05, 0) is 93.1 Å². The summed E-state index contributed by atoms with van der Waals surface area (Å²) in [4.78, 5) is 16.5. The van der Waals surface area contributed by atoms with Gasteiger partial charge in [0.25, 0.3) is 5.91 Å². The lowest BCUT2D eigenvalue weighted by Gasteiger charge is -2.38. The van der Waals surface area contributed by atoms with Crippen molar-refractivity contribution >= 4 is 22.2 Å². The van der Waals surface area contributed by atoms with Crippen LogP contribution in [0.1, 0.15) is 56.6 Å². The molecule has 0 aliphatic carbocycles. The Morgan fingerprint density at radius 3 is 2.41 bits per heavy atom. The van der Waals surface area contributed by atoms with Gasteiger partial charge in [0.1, 0.15) is 10.8 Å². The molecule has 204 valence electrons. The van der Waals surface area contributed by atoms with E-state index in [1.54, 1.807) is 35.6 Å². The predicted molar refractivity (Wildman–Crippen MR) is 150 cm³/mol. The van der Waals surface area contributed by atoms with Crippen molar-refractivity contribution in [2.45, 2.75) is 45.8 Å². The Morgan fingerprint density at radius 2 is 1.77 bits per heavy atom. The SMILES string of the molecule is Cc1sc(NC(=O)c2ccco2)c(C(c2ccc(OC(F)F)cc2)N2CCC(Cc3ccccc3)CC2)c1C. The van der Waals surface area contributed by atoms with Crippen LogP contribution < -0.4 is 10.1 Å². The molecule has 1 unspecified atom stereocenters. The molecule has 1 fully saturated rings. The Hall–Kier alpha value is -3.49. The van der Waals surface area contributed by atoms with Gasteiger partial charge in [0.15, 0.2) is 5.76 Å². The molecule has 2 aromatic carbocycles. The van der Waals surface area contributed by atoms with Gasteiger partial charge >= 0.3 is 6.61 Å². The number of nitrogens with one attached hydrogen (secondary N) is 1. The van der Waals surface area contributed by atoms with Crippen molar-refractivity contribution < 1.29 is 22.7 Å².